The second-order valence-electron chi connectivity index (χ2n) is 11.6. The Balaban J connectivity index is 1.48. The number of carbonyl (C=O) groups excluding carboxylic acids is 3. The number of alkyl halides is 2. The van der Waals surface area contributed by atoms with E-state index in [9.17, 15) is 32.8 Å². The Morgan fingerprint density at radius 3 is 2.70 bits per heavy atom. The average molecular weight is 591 g/mol. The summed E-state index contributed by atoms with van der Waals surface area (Å²) in [7, 11) is 0. The van der Waals surface area contributed by atoms with Gasteiger partial charge in [-0.3, -0.25) is 24.3 Å². The molecule has 1 aromatic heterocycles. The Hall–Kier alpha value is -4.66. The lowest BCUT2D eigenvalue weighted by Crippen LogP contribution is -2.66. The van der Waals surface area contributed by atoms with Gasteiger partial charge in [0, 0.05) is 31.4 Å². The van der Waals surface area contributed by atoms with E-state index in [0.717, 1.165) is 17.8 Å². The number of nitrogens with one attached hydrogen (secondary N) is 2. The van der Waals surface area contributed by atoms with Crippen molar-refractivity contribution in [1.29, 1.82) is 5.26 Å². The number of aromatic nitrogens is 1. The lowest BCUT2D eigenvalue weighted by Gasteiger charge is -2.47. The van der Waals surface area contributed by atoms with Crippen LogP contribution in [0.25, 0.3) is 0 Å². The number of benzene rings is 1. The molecule has 2 aromatic rings. The van der Waals surface area contributed by atoms with Crippen LogP contribution < -0.4 is 15.5 Å². The molecule has 2 aliphatic heterocycles. The summed E-state index contributed by atoms with van der Waals surface area (Å²) in [5.41, 5.74) is -1.43. The summed E-state index contributed by atoms with van der Waals surface area (Å²) in [6, 6.07) is 8.29. The van der Waals surface area contributed by atoms with Crippen molar-refractivity contribution in [2.24, 2.45) is 0 Å². The number of dihydropyridines is 1. The summed E-state index contributed by atoms with van der Waals surface area (Å²) < 4.78 is 42.2. The van der Waals surface area contributed by atoms with E-state index < -0.39 is 59.7 Å². The molecular weight excluding hydrogens is 561 g/mol. The monoisotopic (exact) mass is 590 g/mol. The molecule has 0 bridgehead atoms. The maximum absolute atomic E-state index is 14.9. The largest absolute Gasteiger partial charge is 0.366 e. The van der Waals surface area contributed by atoms with E-state index in [4.69, 9.17) is 0 Å². The smallest absolute Gasteiger partial charge is 0.252 e. The van der Waals surface area contributed by atoms with Crippen LogP contribution in [0.4, 0.5) is 18.9 Å². The van der Waals surface area contributed by atoms with Gasteiger partial charge in [-0.25, -0.2) is 13.2 Å². The molecule has 6 rings (SSSR count). The van der Waals surface area contributed by atoms with Gasteiger partial charge in [-0.2, -0.15) is 5.26 Å². The molecule has 3 heterocycles. The van der Waals surface area contributed by atoms with E-state index in [2.05, 4.69) is 21.7 Å². The second-order valence-corrected chi connectivity index (χ2v) is 11.6. The van der Waals surface area contributed by atoms with Crippen molar-refractivity contribution < 1.29 is 27.6 Å². The Labute approximate surface area is 246 Å². The third-order valence-corrected chi connectivity index (χ3v) is 8.77. The number of carbonyl (C=O) groups is 3. The molecule has 2 N–H and O–H groups in total. The zero-order chi connectivity index (χ0) is 30.6. The van der Waals surface area contributed by atoms with Crippen LogP contribution in [0.15, 0.2) is 66.7 Å². The highest BCUT2D eigenvalue weighted by atomic mass is 19.3. The van der Waals surface area contributed by atoms with Crippen molar-refractivity contribution in [3.63, 3.8) is 0 Å². The van der Waals surface area contributed by atoms with Crippen molar-refractivity contribution in [3.05, 3.63) is 83.6 Å². The summed E-state index contributed by atoms with van der Waals surface area (Å²) in [5, 5.41) is 15.3. The molecule has 9 nitrogen and oxygen atoms in total. The van der Waals surface area contributed by atoms with Gasteiger partial charge in [-0.05, 0) is 55.7 Å². The molecule has 0 spiro atoms. The predicted molar refractivity (Wildman–Crippen MR) is 148 cm³/mol. The molecule has 12 heteroatoms. The van der Waals surface area contributed by atoms with Crippen LogP contribution >= 0.6 is 0 Å². The van der Waals surface area contributed by atoms with Crippen LogP contribution in [0, 0.1) is 17.1 Å². The zero-order valence-electron chi connectivity index (χ0n) is 23.3. The van der Waals surface area contributed by atoms with Crippen molar-refractivity contribution in [2.75, 3.05) is 4.90 Å². The van der Waals surface area contributed by atoms with E-state index in [1.807, 2.05) is 6.07 Å². The van der Waals surface area contributed by atoms with E-state index in [1.54, 1.807) is 37.3 Å². The number of rotatable bonds is 6. The summed E-state index contributed by atoms with van der Waals surface area (Å²) in [6.45, 7) is 1.66. The van der Waals surface area contributed by atoms with Gasteiger partial charge in [0.05, 0.1) is 29.7 Å². The maximum atomic E-state index is 14.9. The number of amides is 3. The quantitative estimate of drug-likeness (QED) is 0.531. The van der Waals surface area contributed by atoms with Crippen LogP contribution in [0.5, 0.6) is 0 Å². The van der Waals surface area contributed by atoms with Crippen LogP contribution in [0.2, 0.25) is 0 Å². The fraction of sp³-hybridized carbons (Fsp3) is 0.387. The number of allylic oxidation sites excluding steroid dienone is 2. The van der Waals surface area contributed by atoms with Gasteiger partial charge < -0.3 is 15.5 Å². The van der Waals surface area contributed by atoms with Gasteiger partial charge >= 0.3 is 0 Å². The summed E-state index contributed by atoms with van der Waals surface area (Å²) in [5.74, 6) is -5.31. The molecule has 222 valence electrons. The van der Waals surface area contributed by atoms with Crippen molar-refractivity contribution >= 4 is 23.4 Å². The Bertz CT molecular complexity index is 1610. The van der Waals surface area contributed by atoms with E-state index in [-0.39, 0.29) is 36.4 Å². The first-order valence-corrected chi connectivity index (χ1v) is 14.1. The van der Waals surface area contributed by atoms with Crippen LogP contribution in [0.1, 0.15) is 50.2 Å². The first-order valence-electron chi connectivity index (χ1n) is 14.1. The minimum Gasteiger partial charge on any atom is -0.366 e. The molecule has 4 aliphatic rings. The molecule has 1 aromatic carbocycles. The van der Waals surface area contributed by atoms with E-state index in [0.29, 0.717) is 12.0 Å². The van der Waals surface area contributed by atoms with Crippen LogP contribution in [-0.4, -0.2) is 51.3 Å². The van der Waals surface area contributed by atoms with Gasteiger partial charge in [0.25, 0.3) is 17.7 Å². The molecule has 1 saturated carbocycles. The zero-order valence-corrected chi connectivity index (χ0v) is 23.3. The fourth-order valence-electron chi connectivity index (χ4n) is 6.84. The molecule has 43 heavy (non-hydrogen) atoms. The number of likely N-dealkylation sites (tertiary alicyclic amines) is 1. The first kappa shape index (κ1) is 28.5. The van der Waals surface area contributed by atoms with Gasteiger partial charge in [-0.1, -0.05) is 24.3 Å². The van der Waals surface area contributed by atoms with Gasteiger partial charge in [0.15, 0.2) is 5.54 Å². The molecule has 1 saturated heterocycles. The number of pyridine rings is 1. The number of nitrogens with zero attached hydrogens (tertiary/aromatic N) is 4. The number of anilines is 1. The van der Waals surface area contributed by atoms with Crippen LogP contribution in [-0.2, 0) is 26.3 Å². The highest BCUT2D eigenvalue weighted by molar-refractivity contribution is 6.08. The second kappa shape index (κ2) is 10.3. The number of nitriles is 1. The summed E-state index contributed by atoms with van der Waals surface area (Å²) in [6.07, 6.45) is 6.42. The first-order chi connectivity index (χ1) is 20.5. The number of aryl methyl sites for hydroxylation is 1. The maximum Gasteiger partial charge on any atom is 0.252 e. The highest BCUT2D eigenvalue weighted by Gasteiger charge is 2.58. The predicted octanol–water partition coefficient (Wildman–Crippen LogP) is 3.58. The molecule has 2 aliphatic carbocycles. The normalized spacial score (nSPS) is 27.4. The third kappa shape index (κ3) is 4.73. The molecule has 1 unspecified atom stereocenters. The SMILES string of the molecule is CC1(N2C(=O)CC[C@H]2C(=O)N(c2cncc(F)c2)[C@@]2(C(=O)NC3CC(F)(F)C3)CCc3ccccc32)C=C(C#N)C=CN1. The minimum atomic E-state index is -2.89. The fourth-order valence-corrected chi connectivity index (χ4v) is 6.84. The molecule has 3 amide bonds. The Kier molecular flexibility index (Phi) is 6.79. The number of fused-ring (bicyclic) bond motifs is 1. The number of hydrogen-bond acceptors (Lipinski definition) is 6. The lowest BCUT2D eigenvalue weighted by molar-refractivity contribution is -0.141. The molecule has 0 radical (unpaired) electrons. The van der Waals surface area contributed by atoms with Crippen molar-refractivity contribution in [2.45, 2.75) is 74.7 Å². The average Bonchev–Trinajstić information content (AvgIpc) is 3.54. The number of halogens is 3. The lowest BCUT2D eigenvalue weighted by atomic mass is 9.83. The third-order valence-electron chi connectivity index (χ3n) is 8.77. The summed E-state index contributed by atoms with van der Waals surface area (Å²) in [4.78, 5) is 49.1. The Morgan fingerprint density at radius 2 is 1.98 bits per heavy atom. The van der Waals surface area contributed by atoms with E-state index in [1.165, 1.54) is 22.2 Å². The van der Waals surface area contributed by atoms with E-state index >= 15 is 0 Å². The van der Waals surface area contributed by atoms with Crippen molar-refractivity contribution in [3.8, 4) is 6.07 Å². The standard InChI is InChI=1S/C31H29F3N6O3/c1-29(13-19(16-35)9-11-37-29)40-25(6-7-26(40)41)27(42)39(23-12-21(32)17-36-18-23)31(10-8-20-4-2-3-5-24(20)31)28(43)38-22-14-30(33,34)15-22/h2-5,9,11-13,17-18,22,25,37H,6-8,10,14-15H2,1H3,(H,38,43)/t25-,29?,31-/m0/s1. The van der Waals surface area contributed by atoms with Crippen molar-refractivity contribution in [1.82, 2.24) is 20.5 Å². The summed E-state index contributed by atoms with van der Waals surface area (Å²) >= 11 is 0. The van der Waals surface area contributed by atoms with Gasteiger partial charge in [0.2, 0.25) is 5.91 Å². The molecular formula is C31H29F3N6O3. The highest BCUT2D eigenvalue weighted by Crippen LogP contribution is 2.47. The minimum absolute atomic E-state index is 0.00926. The topological polar surface area (TPSA) is 118 Å². The van der Waals surface area contributed by atoms with Gasteiger partial charge in [0.1, 0.15) is 17.5 Å². The van der Waals surface area contributed by atoms with Gasteiger partial charge in [-0.15, -0.1) is 0 Å². The molecule has 2 fully saturated rings. The van der Waals surface area contributed by atoms with Crippen LogP contribution in [0.3, 0.4) is 0 Å². The number of hydrogen-bond donors (Lipinski definition) is 2. The Morgan fingerprint density at radius 1 is 1.21 bits per heavy atom. The molecule has 3 atom stereocenters.